The number of aliphatic imine (C=N–C) groups is 1. The van der Waals surface area contributed by atoms with Crippen LogP contribution in [0.1, 0.15) is 36.4 Å². The predicted molar refractivity (Wildman–Crippen MR) is 116 cm³/mol. The minimum absolute atomic E-state index is 0.186. The van der Waals surface area contributed by atoms with E-state index in [1.165, 1.54) is 17.3 Å². The van der Waals surface area contributed by atoms with Gasteiger partial charge in [0.25, 0.3) is 5.91 Å². The van der Waals surface area contributed by atoms with Crippen molar-refractivity contribution in [3.05, 3.63) is 69.5 Å². The summed E-state index contributed by atoms with van der Waals surface area (Å²) in [6.07, 6.45) is 2.80. The molecule has 0 spiro atoms. The van der Waals surface area contributed by atoms with Gasteiger partial charge < -0.3 is 4.57 Å². The van der Waals surface area contributed by atoms with E-state index in [4.69, 9.17) is 5.41 Å². The Hall–Kier alpha value is -2.86. The topological polar surface area (TPSA) is 61.5 Å². The zero-order chi connectivity index (χ0) is 20.0. The molecule has 1 aromatic heterocycles. The Balaban J connectivity index is 1.75. The van der Waals surface area contributed by atoms with Gasteiger partial charge in [0.15, 0.2) is 5.17 Å². The summed E-state index contributed by atoms with van der Waals surface area (Å²) in [5, 5.41) is 11.0. The molecule has 28 heavy (non-hydrogen) atoms. The fourth-order valence-corrected chi connectivity index (χ4v) is 4.47. The lowest BCUT2D eigenvalue weighted by molar-refractivity contribution is -0.114. The zero-order valence-corrected chi connectivity index (χ0v) is 17.2. The number of benzene rings is 1. The highest BCUT2D eigenvalue weighted by Crippen LogP contribution is 2.32. The number of fused-ring (bicyclic) bond motifs is 1. The van der Waals surface area contributed by atoms with E-state index in [0.29, 0.717) is 10.7 Å². The van der Waals surface area contributed by atoms with E-state index in [1.54, 1.807) is 11.0 Å². The first-order valence-corrected chi connectivity index (χ1v) is 10.1. The molecule has 2 aromatic rings. The molecule has 0 saturated heterocycles. The third-order valence-electron chi connectivity index (χ3n) is 5.16. The number of carbonyl (C=O) groups is 1. The highest BCUT2D eigenvalue weighted by molar-refractivity contribution is 8.16. The van der Waals surface area contributed by atoms with Gasteiger partial charge in [0.05, 0.1) is 5.57 Å². The van der Waals surface area contributed by atoms with Crippen molar-refractivity contribution in [2.75, 3.05) is 0 Å². The van der Waals surface area contributed by atoms with Crippen LogP contribution in [0.25, 0.3) is 11.8 Å². The van der Waals surface area contributed by atoms with Gasteiger partial charge >= 0.3 is 0 Å². The first kappa shape index (κ1) is 18.5. The molecule has 5 nitrogen and oxygen atoms in total. The number of thioether (sulfide) groups is 1. The van der Waals surface area contributed by atoms with Gasteiger partial charge in [0.2, 0.25) is 0 Å². The lowest BCUT2D eigenvalue weighted by atomic mass is 10.1. The Bertz CT molecular complexity index is 1090. The SMILES string of the molecule is CCc1ccc(-n2c(C)cc(C=C3C(=N)N4C(C)=CSC4=NC3=O)c2C)cc1. The van der Waals surface area contributed by atoms with Crippen LogP contribution in [0.15, 0.2) is 52.0 Å². The van der Waals surface area contributed by atoms with Crippen LogP contribution < -0.4 is 0 Å². The molecular weight excluding hydrogens is 368 g/mol. The molecule has 0 atom stereocenters. The van der Waals surface area contributed by atoms with Crippen molar-refractivity contribution in [3.8, 4) is 5.69 Å². The van der Waals surface area contributed by atoms with Crippen LogP contribution >= 0.6 is 11.8 Å². The van der Waals surface area contributed by atoms with Gasteiger partial charge in [0, 0.05) is 22.8 Å². The maximum Gasteiger partial charge on any atom is 0.283 e. The number of aromatic nitrogens is 1. The summed E-state index contributed by atoms with van der Waals surface area (Å²) in [4.78, 5) is 18.4. The Kier molecular flexibility index (Phi) is 4.59. The van der Waals surface area contributed by atoms with E-state index >= 15 is 0 Å². The van der Waals surface area contributed by atoms with E-state index in [0.717, 1.165) is 34.8 Å². The van der Waals surface area contributed by atoms with Gasteiger partial charge in [-0.05, 0) is 68.0 Å². The van der Waals surface area contributed by atoms with Crippen LogP contribution in [-0.2, 0) is 11.2 Å². The summed E-state index contributed by atoms with van der Waals surface area (Å²) in [7, 11) is 0. The van der Waals surface area contributed by atoms with E-state index in [-0.39, 0.29) is 11.7 Å². The summed E-state index contributed by atoms with van der Waals surface area (Å²) in [5.74, 6) is -0.171. The third kappa shape index (κ3) is 2.94. The monoisotopic (exact) mass is 390 g/mol. The average molecular weight is 391 g/mol. The van der Waals surface area contributed by atoms with E-state index in [2.05, 4.69) is 53.7 Å². The van der Waals surface area contributed by atoms with Crippen LogP contribution in [-0.4, -0.2) is 26.4 Å². The average Bonchev–Trinajstić information content (AvgIpc) is 3.18. The number of rotatable bonds is 3. The molecule has 1 N–H and O–H groups in total. The van der Waals surface area contributed by atoms with E-state index < -0.39 is 0 Å². The maximum atomic E-state index is 12.5. The maximum absolute atomic E-state index is 12.5. The molecule has 142 valence electrons. The molecule has 2 aliphatic heterocycles. The fourth-order valence-electron chi connectivity index (χ4n) is 3.61. The van der Waals surface area contributed by atoms with Gasteiger partial charge in [-0.1, -0.05) is 30.8 Å². The summed E-state index contributed by atoms with van der Waals surface area (Å²) in [6, 6.07) is 10.6. The number of amides is 1. The molecule has 0 fully saturated rings. The number of allylic oxidation sites excluding steroid dienone is 1. The van der Waals surface area contributed by atoms with Crippen LogP contribution in [0.3, 0.4) is 0 Å². The predicted octanol–water partition coefficient (Wildman–Crippen LogP) is 4.82. The Morgan fingerprint density at radius 2 is 1.89 bits per heavy atom. The third-order valence-corrected chi connectivity index (χ3v) is 6.10. The van der Waals surface area contributed by atoms with Crippen molar-refractivity contribution in [2.24, 2.45) is 4.99 Å². The Morgan fingerprint density at radius 3 is 2.57 bits per heavy atom. The van der Waals surface area contributed by atoms with Crippen molar-refractivity contribution in [3.63, 3.8) is 0 Å². The van der Waals surface area contributed by atoms with Crippen molar-refractivity contribution in [1.82, 2.24) is 9.47 Å². The molecule has 0 bridgehead atoms. The zero-order valence-electron chi connectivity index (χ0n) is 16.4. The number of hydrogen-bond acceptors (Lipinski definition) is 3. The minimum atomic E-state index is -0.357. The quantitative estimate of drug-likeness (QED) is 0.764. The van der Waals surface area contributed by atoms with Crippen LogP contribution in [0, 0.1) is 19.3 Å². The van der Waals surface area contributed by atoms with Crippen molar-refractivity contribution >= 4 is 34.7 Å². The summed E-state index contributed by atoms with van der Waals surface area (Å²) in [5.41, 5.74) is 6.67. The molecule has 6 heteroatoms. The molecule has 4 rings (SSSR count). The van der Waals surface area contributed by atoms with Gasteiger partial charge in [-0.15, -0.1) is 0 Å². The molecule has 0 aliphatic carbocycles. The fraction of sp³-hybridized carbons (Fsp3) is 0.227. The van der Waals surface area contributed by atoms with Gasteiger partial charge in [0.1, 0.15) is 5.84 Å². The minimum Gasteiger partial charge on any atom is -0.318 e. The highest BCUT2D eigenvalue weighted by Gasteiger charge is 2.34. The summed E-state index contributed by atoms with van der Waals surface area (Å²) in [6.45, 7) is 8.15. The smallest absolute Gasteiger partial charge is 0.283 e. The number of nitrogens with one attached hydrogen (secondary N) is 1. The van der Waals surface area contributed by atoms with Crippen molar-refractivity contribution in [2.45, 2.75) is 34.1 Å². The van der Waals surface area contributed by atoms with E-state index in [1.807, 2.05) is 19.3 Å². The van der Waals surface area contributed by atoms with Gasteiger partial charge in [-0.3, -0.25) is 15.1 Å². The molecule has 0 unspecified atom stereocenters. The summed E-state index contributed by atoms with van der Waals surface area (Å²) >= 11 is 1.38. The number of carbonyl (C=O) groups excluding carboxylic acids is 1. The lowest BCUT2D eigenvalue weighted by Gasteiger charge is -2.25. The second kappa shape index (κ2) is 6.95. The second-order valence-corrected chi connectivity index (χ2v) is 7.84. The van der Waals surface area contributed by atoms with Crippen LogP contribution in [0.5, 0.6) is 0 Å². The van der Waals surface area contributed by atoms with Gasteiger partial charge in [-0.2, -0.15) is 4.99 Å². The highest BCUT2D eigenvalue weighted by atomic mass is 32.2. The number of hydrogen-bond donors (Lipinski definition) is 1. The lowest BCUT2D eigenvalue weighted by Crippen LogP contribution is -2.37. The molecule has 0 saturated carbocycles. The van der Waals surface area contributed by atoms with Crippen LogP contribution in [0.2, 0.25) is 0 Å². The molecule has 2 aliphatic rings. The standard InChI is InChI=1S/C22H22N4OS/c1-5-16-6-8-18(9-7-16)25-13(2)10-17(15(25)4)11-19-20(23)26-14(3)12-28-22(26)24-21(19)27/h6-12,23H,5H2,1-4H3. The Morgan fingerprint density at radius 1 is 1.18 bits per heavy atom. The first-order valence-electron chi connectivity index (χ1n) is 9.26. The Labute approximate surface area is 169 Å². The molecule has 0 radical (unpaired) electrons. The summed E-state index contributed by atoms with van der Waals surface area (Å²) < 4.78 is 2.17. The number of nitrogens with zero attached hydrogens (tertiary/aromatic N) is 3. The van der Waals surface area contributed by atoms with E-state index in [9.17, 15) is 4.79 Å². The number of aryl methyl sites for hydroxylation is 2. The van der Waals surface area contributed by atoms with Crippen LogP contribution in [0.4, 0.5) is 0 Å². The van der Waals surface area contributed by atoms with Crippen molar-refractivity contribution < 1.29 is 4.79 Å². The normalized spacial score (nSPS) is 17.9. The number of amidine groups is 2. The largest absolute Gasteiger partial charge is 0.318 e. The second-order valence-electron chi connectivity index (χ2n) is 7.00. The molecule has 3 heterocycles. The molecule has 1 aromatic carbocycles. The van der Waals surface area contributed by atoms with Gasteiger partial charge in [-0.25, -0.2) is 0 Å². The first-order chi connectivity index (χ1) is 13.4. The molecule has 1 amide bonds. The molecular formula is C22H22N4OS. The van der Waals surface area contributed by atoms with Crippen molar-refractivity contribution in [1.29, 1.82) is 5.41 Å².